The lowest BCUT2D eigenvalue weighted by Gasteiger charge is -2.43. The van der Waals surface area contributed by atoms with Gasteiger partial charge < -0.3 is 15.5 Å². The molecule has 25 heavy (non-hydrogen) atoms. The number of benzene rings is 1. The summed E-state index contributed by atoms with van der Waals surface area (Å²) >= 11 is 0. The molecule has 2 aliphatic rings. The summed E-state index contributed by atoms with van der Waals surface area (Å²) in [6, 6.07) is 7.82. The third-order valence-corrected chi connectivity index (χ3v) is 5.50. The van der Waals surface area contributed by atoms with E-state index >= 15 is 0 Å². The number of carbonyl (C=O) groups excluding carboxylic acids is 2. The molecule has 5 heteroatoms. The zero-order valence-corrected chi connectivity index (χ0v) is 15.2. The van der Waals surface area contributed by atoms with Crippen LogP contribution in [0.1, 0.15) is 50.8 Å². The molecule has 0 bridgehead atoms. The van der Waals surface area contributed by atoms with E-state index in [4.69, 9.17) is 5.73 Å². The molecule has 2 aliphatic heterocycles. The van der Waals surface area contributed by atoms with Crippen molar-refractivity contribution < 1.29 is 9.59 Å². The molecule has 0 radical (unpaired) electrons. The van der Waals surface area contributed by atoms with Crippen LogP contribution in [0.5, 0.6) is 0 Å². The first-order valence-electron chi connectivity index (χ1n) is 8.89. The van der Waals surface area contributed by atoms with E-state index in [0.29, 0.717) is 19.5 Å². The number of nitrogens with two attached hydrogens (primary N) is 1. The highest BCUT2D eigenvalue weighted by molar-refractivity contribution is 5.82. The molecule has 1 aromatic rings. The lowest BCUT2D eigenvalue weighted by Crippen LogP contribution is -2.54. The van der Waals surface area contributed by atoms with Crippen LogP contribution in [0.2, 0.25) is 0 Å². The topological polar surface area (TPSA) is 66.6 Å². The Balaban J connectivity index is 1.81. The van der Waals surface area contributed by atoms with Crippen molar-refractivity contribution in [3.8, 4) is 0 Å². The van der Waals surface area contributed by atoms with Crippen LogP contribution in [0, 0.1) is 5.41 Å². The molecule has 0 aromatic heterocycles. The van der Waals surface area contributed by atoms with Gasteiger partial charge in [0, 0.05) is 32.3 Å². The molecule has 2 N–H and O–H groups in total. The quantitative estimate of drug-likeness (QED) is 0.899. The first-order valence-corrected chi connectivity index (χ1v) is 8.89. The average molecular weight is 341 g/mol. The van der Waals surface area contributed by atoms with Crippen LogP contribution >= 0.6 is 0 Å². The van der Waals surface area contributed by atoms with Crippen LogP contribution in [0.15, 0.2) is 30.5 Å². The minimum atomic E-state index is -0.245. The van der Waals surface area contributed by atoms with Gasteiger partial charge in [0.15, 0.2) is 0 Å². The van der Waals surface area contributed by atoms with Crippen molar-refractivity contribution in [3.05, 3.63) is 41.6 Å². The Morgan fingerprint density at radius 1 is 1.28 bits per heavy atom. The van der Waals surface area contributed by atoms with E-state index in [1.54, 1.807) is 18.0 Å². The van der Waals surface area contributed by atoms with Crippen LogP contribution in [0.4, 0.5) is 0 Å². The minimum absolute atomic E-state index is 0.0513. The fourth-order valence-electron chi connectivity index (χ4n) is 3.79. The lowest BCUT2D eigenvalue weighted by atomic mass is 9.79. The molecule has 1 aromatic carbocycles. The number of likely N-dealkylation sites (tertiary alicyclic amines) is 1. The van der Waals surface area contributed by atoms with Gasteiger partial charge in [-0.25, -0.2) is 0 Å². The fourth-order valence-corrected chi connectivity index (χ4v) is 3.79. The number of nitrogens with zero attached hydrogens (tertiary/aromatic N) is 2. The van der Waals surface area contributed by atoms with Crippen LogP contribution in [-0.4, -0.2) is 40.7 Å². The molecule has 3 rings (SSSR count). The maximum absolute atomic E-state index is 13.0. The Morgan fingerprint density at radius 2 is 2.00 bits per heavy atom. The van der Waals surface area contributed by atoms with Gasteiger partial charge in [0.1, 0.15) is 0 Å². The first kappa shape index (κ1) is 17.7. The van der Waals surface area contributed by atoms with Gasteiger partial charge in [-0.2, -0.15) is 0 Å². The normalized spacial score (nSPS) is 24.8. The van der Waals surface area contributed by atoms with E-state index in [1.807, 2.05) is 35.2 Å². The Morgan fingerprint density at radius 3 is 2.68 bits per heavy atom. The van der Waals surface area contributed by atoms with Gasteiger partial charge in [0.05, 0.1) is 12.5 Å². The van der Waals surface area contributed by atoms with Gasteiger partial charge in [-0.3, -0.25) is 9.59 Å². The van der Waals surface area contributed by atoms with Crippen LogP contribution in [0.3, 0.4) is 0 Å². The smallest absolute Gasteiger partial charge is 0.225 e. The predicted octanol–water partition coefficient (Wildman–Crippen LogP) is 2.54. The number of amides is 2. The summed E-state index contributed by atoms with van der Waals surface area (Å²) in [4.78, 5) is 28.6. The van der Waals surface area contributed by atoms with E-state index in [0.717, 1.165) is 17.5 Å². The highest BCUT2D eigenvalue weighted by Gasteiger charge is 2.37. The highest BCUT2D eigenvalue weighted by Crippen LogP contribution is 2.34. The summed E-state index contributed by atoms with van der Waals surface area (Å²) in [5.41, 5.74) is 8.20. The second kappa shape index (κ2) is 6.64. The van der Waals surface area contributed by atoms with Gasteiger partial charge in [-0.1, -0.05) is 38.1 Å². The summed E-state index contributed by atoms with van der Waals surface area (Å²) < 4.78 is 0. The SMILES string of the molecule is CC(=O)N1C=Cc2ccccc2C1CC(=O)N1CCC(N)C(C)(C)C1. The Bertz CT molecular complexity index is 711. The van der Waals surface area contributed by atoms with Gasteiger partial charge in [-0.05, 0) is 29.0 Å². The Labute approximate surface area is 149 Å². The molecule has 1 saturated heterocycles. The molecular formula is C20H27N3O2. The molecule has 0 spiro atoms. The molecule has 2 unspecified atom stereocenters. The third kappa shape index (κ3) is 3.47. The number of hydrogen-bond donors (Lipinski definition) is 1. The zero-order chi connectivity index (χ0) is 18.2. The third-order valence-electron chi connectivity index (χ3n) is 5.50. The van der Waals surface area contributed by atoms with Crippen molar-refractivity contribution in [1.82, 2.24) is 9.80 Å². The maximum Gasteiger partial charge on any atom is 0.225 e. The van der Waals surface area contributed by atoms with E-state index in [1.165, 1.54) is 0 Å². The second-order valence-electron chi connectivity index (χ2n) is 7.79. The number of fused-ring (bicyclic) bond motifs is 1. The minimum Gasteiger partial charge on any atom is -0.342 e. The molecule has 134 valence electrons. The summed E-state index contributed by atoms with van der Waals surface area (Å²) in [5, 5.41) is 0. The highest BCUT2D eigenvalue weighted by atomic mass is 16.2. The Kier molecular flexibility index (Phi) is 4.69. The van der Waals surface area contributed by atoms with E-state index in [2.05, 4.69) is 13.8 Å². The van der Waals surface area contributed by atoms with Crippen molar-refractivity contribution >= 4 is 17.9 Å². The largest absolute Gasteiger partial charge is 0.342 e. The molecule has 1 fully saturated rings. The molecule has 2 amide bonds. The number of rotatable bonds is 2. The van der Waals surface area contributed by atoms with E-state index in [-0.39, 0.29) is 29.3 Å². The summed E-state index contributed by atoms with van der Waals surface area (Å²) in [7, 11) is 0. The van der Waals surface area contributed by atoms with Crippen molar-refractivity contribution in [3.63, 3.8) is 0 Å². The fraction of sp³-hybridized carbons (Fsp3) is 0.500. The molecule has 2 atom stereocenters. The van der Waals surface area contributed by atoms with E-state index < -0.39 is 0 Å². The van der Waals surface area contributed by atoms with Gasteiger partial charge in [0.2, 0.25) is 11.8 Å². The molecule has 0 saturated carbocycles. The van der Waals surface area contributed by atoms with Crippen molar-refractivity contribution in [2.75, 3.05) is 13.1 Å². The van der Waals surface area contributed by atoms with Crippen LogP contribution in [0.25, 0.3) is 6.08 Å². The first-order chi connectivity index (χ1) is 11.8. The van der Waals surface area contributed by atoms with Crippen LogP contribution in [-0.2, 0) is 9.59 Å². The zero-order valence-electron chi connectivity index (χ0n) is 15.2. The molecule has 5 nitrogen and oxygen atoms in total. The van der Waals surface area contributed by atoms with Crippen molar-refractivity contribution in [2.24, 2.45) is 11.1 Å². The average Bonchev–Trinajstić information content (AvgIpc) is 2.57. The van der Waals surface area contributed by atoms with Crippen LogP contribution < -0.4 is 5.73 Å². The van der Waals surface area contributed by atoms with Gasteiger partial charge >= 0.3 is 0 Å². The monoisotopic (exact) mass is 341 g/mol. The Hall–Kier alpha value is -2.14. The molecular weight excluding hydrogens is 314 g/mol. The summed E-state index contributed by atoms with van der Waals surface area (Å²) in [6.07, 6.45) is 4.84. The molecule has 2 heterocycles. The second-order valence-corrected chi connectivity index (χ2v) is 7.79. The standard InChI is InChI=1S/C20H27N3O2/c1-14(24)23-11-8-15-6-4-5-7-16(15)17(23)12-19(25)22-10-9-18(21)20(2,3)13-22/h4-8,11,17-18H,9-10,12-13,21H2,1-3H3. The van der Waals surface area contributed by atoms with Gasteiger partial charge in [-0.15, -0.1) is 0 Å². The van der Waals surface area contributed by atoms with Crippen molar-refractivity contribution in [1.29, 1.82) is 0 Å². The maximum atomic E-state index is 13.0. The van der Waals surface area contributed by atoms with Crippen molar-refractivity contribution in [2.45, 2.75) is 45.7 Å². The lowest BCUT2D eigenvalue weighted by molar-refractivity contribution is -0.137. The number of carbonyl (C=O) groups is 2. The number of hydrogen-bond acceptors (Lipinski definition) is 3. The van der Waals surface area contributed by atoms with Gasteiger partial charge in [0.25, 0.3) is 0 Å². The molecule has 0 aliphatic carbocycles. The predicted molar refractivity (Wildman–Crippen MR) is 98.3 cm³/mol. The number of piperidine rings is 1. The summed E-state index contributed by atoms with van der Waals surface area (Å²) in [6.45, 7) is 7.11. The summed E-state index contributed by atoms with van der Waals surface area (Å²) in [5.74, 6) is 0.0332. The van der Waals surface area contributed by atoms with E-state index in [9.17, 15) is 9.59 Å².